The lowest BCUT2D eigenvalue weighted by Gasteiger charge is -2.15. The molecular formula is C23H21N3O2. The number of benzene rings is 3. The Balaban J connectivity index is 1.53. The number of pyridine rings is 1. The number of hydrogen-bond acceptors (Lipinski definition) is 4. The summed E-state index contributed by atoms with van der Waals surface area (Å²) in [6.45, 7) is 3.93. The lowest BCUT2D eigenvalue weighted by Crippen LogP contribution is -2.33. The maximum absolute atomic E-state index is 12.3. The molecule has 0 saturated carbocycles. The van der Waals surface area contributed by atoms with E-state index in [0.717, 1.165) is 44.4 Å². The molecule has 2 N–H and O–H groups in total. The zero-order chi connectivity index (χ0) is 19.5. The smallest absolute Gasteiger partial charge is 0.276 e. The van der Waals surface area contributed by atoms with Crippen LogP contribution in [0.15, 0.2) is 66.7 Å². The van der Waals surface area contributed by atoms with Crippen LogP contribution in [0.1, 0.15) is 11.1 Å². The normalized spacial score (nSPS) is 10.8. The van der Waals surface area contributed by atoms with Crippen LogP contribution in [0.25, 0.3) is 21.8 Å². The van der Waals surface area contributed by atoms with E-state index in [4.69, 9.17) is 4.74 Å². The summed E-state index contributed by atoms with van der Waals surface area (Å²) < 4.78 is 5.68. The number of ether oxygens (including phenoxy) is 1. The van der Waals surface area contributed by atoms with Gasteiger partial charge < -0.3 is 4.74 Å². The number of hydrazine groups is 1. The molecule has 28 heavy (non-hydrogen) atoms. The highest BCUT2D eigenvalue weighted by Crippen LogP contribution is 2.30. The number of carbonyl (C=O) groups is 1. The Morgan fingerprint density at radius 2 is 1.54 bits per heavy atom. The number of nitrogens with zero attached hydrogens (tertiary/aromatic N) is 1. The summed E-state index contributed by atoms with van der Waals surface area (Å²) in [5.41, 5.74) is 10.5. The van der Waals surface area contributed by atoms with Crippen molar-refractivity contribution in [3.8, 4) is 5.75 Å². The number of amides is 1. The molecule has 0 atom stereocenters. The molecule has 4 aromatic rings. The Hall–Kier alpha value is -3.60. The molecule has 5 heteroatoms. The second-order valence-corrected chi connectivity index (χ2v) is 6.68. The number of carbonyl (C=O) groups excluding carboxylic acids is 1. The van der Waals surface area contributed by atoms with Gasteiger partial charge in [-0.1, -0.05) is 48.5 Å². The summed E-state index contributed by atoms with van der Waals surface area (Å²) in [5.74, 6) is 0.459. The fraction of sp³-hybridized carbons (Fsp3) is 0.130. The third-order valence-corrected chi connectivity index (χ3v) is 4.83. The van der Waals surface area contributed by atoms with Gasteiger partial charge in [0, 0.05) is 10.8 Å². The van der Waals surface area contributed by atoms with E-state index in [1.807, 2.05) is 80.6 Å². The molecule has 1 aromatic heterocycles. The molecule has 0 radical (unpaired) electrons. The average Bonchev–Trinajstić information content (AvgIpc) is 2.72. The van der Waals surface area contributed by atoms with Crippen LogP contribution < -0.4 is 15.6 Å². The Labute approximate surface area is 163 Å². The van der Waals surface area contributed by atoms with Crippen molar-refractivity contribution in [1.82, 2.24) is 10.4 Å². The van der Waals surface area contributed by atoms with Gasteiger partial charge in [-0.05, 0) is 43.2 Å². The van der Waals surface area contributed by atoms with E-state index in [1.165, 1.54) is 0 Å². The van der Waals surface area contributed by atoms with Crippen LogP contribution in [-0.2, 0) is 4.79 Å². The number of aromatic nitrogens is 1. The monoisotopic (exact) mass is 371 g/mol. The van der Waals surface area contributed by atoms with Gasteiger partial charge in [-0.25, -0.2) is 4.98 Å². The molecule has 0 fully saturated rings. The van der Waals surface area contributed by atoms with Crippen molar-refractivity contribution in [2.24, 2.45) is 0 Å². The van der Waals surface area contributed by atoms with Crippen LogP contribution in [0.4, 0.5) is 5.69 Å². The number of aryl methyl sites for hydroxylation is 1. The summed E-state index contributed by atoms with van der Waals surface area (Å²) in [4.78, 5) is 17.0. The van der Waals surface area contributed by atoms with E-state index in [2.05, 4.69) is 15.8 Å². The van der Waals surface area contributed by atoms with Crippen LogP contribution in [0.2, 0.25) is 0 Å². The fourth-order valence-corrected chi connectivity index (χ4v) is 3.17. The molecule has 5 nitrogen and oxygen atoms in total. The number of rotatable bonds is 5. The van der Waals surface area contributed by atoms with Gasteiger partial charge in [-0.15, -0.1) is 0 Å². The first-order valence-corrected chi connectivity index (χ1v) is 9.15. The Morgan fingerprint density at radius 3 is 2.21 bits per heavy atom. The SMILES string of the molecule is Cc1cccc(OCC(=O)NNc2c3ccccc3nc3ccccc23)c1C. The maximum atomic E-state index is 12.3. The Kier molecular flexibility index (Phi) is 4.81. The maximum Gasteiger partial charge on any atom is 0.276 e. The van der Waals surface area contributed by atoms with Gasteiger partial charge >= 0.3 is 0 Å². The predicted octanol–water partition coefficient (Wildman–Crippen LogP) is 4.53. The predicted molar refractivity (Wildman–Crippen MR) is 112 cm³/mol. The first-order valence-electron chi connectivity index (χ1n) is 9.15. The van der Waals surface area contributed by atoms with Crippen molar-refractivity contribution in [2.75, 3.05) is 12.0 Å². The molecule has 1 heterocycles. The van der Waals surface area contributed by atoms with Gasteiger partial charge in [0.15, 0.2) is 6.61 Å². The highest BCUT2D eigenvalue weighted by Gasteiger charge is 2.10. The molecule has 0 bridgehead atoms. The standard InChI is InChI=1S/C23H21N3O2/c1-15-8-7-13-21(16(15)2)28-14-22(27)25-26-23-17-9-3-5-11-19(17)24-20-12-6-4-10-18(20)23/h3-13H,14H2,1-2H3,(H,24,26)(H,25,27). The fourth-order valence-electron chi connectivity index (χ4n) is 3.17. The van der Waals surface area contributed by atoms with E-state index in [9.17, 15) is 4.79 Å². The number of hydrogen-bond donors (Lipinski definition) is 2. The molecule has 0 aliphatic rings. The number of fused-ring (bicyclic) bond motifs is 2. The van der Waals surface area contributed by atoms with Crippen LogP contribution in [-0.4, -0.2) is 17.5 Å². The highest BCUT2D eigenvalue weighted by molar-refractivity contribution is 6.07. The third kappa shape index (κ3) is 3.47. The number of nitrogens with one attached hydrogen (secondary N) is 2. The minimum Gasteiger partial charge on any atom is -0.483 e. The largest absolute Gasteiger partial charge is 0.483 e. The molecule has 0 unspecified atom stereocenters. The van der Waals surface area contributed by atoms with Gasteiger partial charge in [0.2, 0.25) is 0 Å². The minimum absolute atomic E-state index is 0.0712. The van der Waals surface area contributed by atoms with Crippen molar-refractivity contribution in [1.29, 1.82) is 0 Å². The van der Waals surface area contributed by atoms with E-state index in [-0.39, 0.29) is 12.5 Å². The Morgan fingerprint density at radius 1 is 0.893 bits per heavy atom. The second kappa shape index (κ2) is 7.56. The van der Waals surface area contributed by atoms with Crippen molar-refractivity contribution in [3.63, 3.8) is 0 Å². The van der Waals surface area contributed by atoms with Gasteiger partial charge in [-0.3, -0.25) is 15.6 Å². The molecule has 1 amide bonds. The quantitative estimate of drug-likeness (QED) is 0.400. The van der Waals surface area contributed by atoms with Crippen molar-refractivity contribution in [3.05, 3.63) is 77.9 Å². The van der Waals surface area contributed by atoms with E-state index in [0.29, 0.717) is 0 Å². The van der Waals surface area contributed by atoms with E-state index < -0.39 is 0 Å². The molecule has 3 aromatic carbocycles. The molecular weight excluding hydrogens is 350 g/mol. The summed E-state index contributed by atoms with van der Waals surface area (Å²) in [5, 5.41) is 1.88. The first kappa shape index (κ1) is 17.8. The zero-order valence-electron chi connectivity index (χ0n) is 15.8. The van der Waals surface area contributed by atoms with Gasteiger partial charge in [0.25, 0.3) is 5.91 Å². The summed E-state index contributed by atoms with van der Waals surface area (Å²) in [6, 6.07) is 21.5. The number of para-hydroxylation sites is 2. The van der Waals surface area contributed by atoms with Crippen LogP contribution in [0.5, 0.6) is 5.75 Å². The summed E-state index contributed by atoms with van der Waals surface area (Å²) in [7, 11) is 0. The Bertz CT molecular complexity index is 1120. The van der Waals surface area contributed by atoms with Crippen molar-refractivity contribution >= 4 is 33.4 Å². The van der Waals surface area contributed by atoms with Gasteiger partial charge in [0.1, 0.15) is 5.75 Å². The van der Waals surface area contributed by atoms with Gasteiger partial charge in [0.05, 0.1) is 16.7 Å². The van der Waals surface area contributed by atoms with Crippen LogP contribution in [0.3, 0.4) is 0 Å². The van der Waals surface area contributed by atoms with Crippen LogP contribution in [0, 0.1) is 13.8 Å². The average molecular weight is 371 g/mol. The lowest BCUT2D eigenvalue weighted by atomic mass is 10.1. The molecule has 140 valence electrons. The number of anilines is 1. The van der Waals surface area contributed by atoms with E-state index >= 15 is 0 Å². The molecule has 0 spiro atoms. The highest BCUT2D eigenvalue weighted by atomic mass is 16.5. The molecule has 0 aliphatic heterocycles. The lowest BCUT2D eigenvalue weighted by molar-refractivity contribution is -0.122. The minimum atomic E-state index is -0.258. The topological polar surface area (TPSA) is 63.2 Å². The van der Waals surface area contributed by atoms with Crippen molar-refractivity contribution in [2.45, 2.75) is 13.8 Å². The van der Waals surface area contributed by atoms with E-state index in [1.54, 1.807) is 0 Å². The van der Waals surface area contributed by atoms with Crippen LogP contribution >= 0.6 is 0 Å². The first-order chi connectivity index (χ1) is 13.6. The second-order valence-electron chi connectivity index (χ2n) is 6.68. The van der Waals surface area contributed by atoms with Crippen molar-refractivity contribution < 1.29 is 9.53 Å². The summed E-state index contributed by atoms with van der Waals surface area (Å²) in [6.07, 6.45) is 0. The zero-order valence-corrected chi connectivity index (χ0v) is 15.8. The third-order valence-electron chi connectivity index (χ3n) is 4.83. The molecule has 0 saturated heterocycles. The molecule has 0 aliphatic carbocycles. The summed E-state index contributed by atoms with van der Waals surface area (Å²) >= 11 is 0. The van der Waals surface area contributed by atoms with Gasteiger partial charge in [-0.2, -0.15) is 0 Å². The molecule has 4 rings (SSSR count).